The van der Waals surface area contributed by atoms with Crippen molar-refractivity contribution in [2.75, 3.05) is 5.32 Å². The van der Waals surface area contributed by atoms with Crippen LogP contribution in [0.2, 0.25) is 0 Å². The number of hydrogen-bond donors (Lipinski definition) is 2. The molecule has 0 unspecified atom stereocenters. The summed E-state index contributed by atoms with van der Waals surface area (Å²) in [4.78, 5) is 18.8. The van der Waals surface area contributed by atoms with E-state index < -0.39 is 0 Å². The fraction of sp³-hybridized carbons (Fsp3) is 0.267. The minimum Gasteiger partial charge on any atom is -0.366 e. The molecule has 0 atom stereocenters. The third-order valence-electron chi connectivity index (χ3n) is 3.28. The summed E-state index contributed by atoms with van der Waals surface area (Å²) in [6, 6.07) is 10.9. The number of benzene rings is 1. The molecule has 1 fully saturated rings. The van der Waals surface area contributed by atoms with Gasteiger partial charge in [-0.25, -0.2) is 4.98 Å². The van der Waals surface area contributed by atoms with Gasteiger partial charge >= 0.3 is 0 Å². The SMILES string of the molecule is N#Cc1ccc(CNc2cc(=O)[nH]c(C3CC3)n2)cc1. The maximum atomic E-state index is 11.6. The molecule has 0 spiro atoms. The van der Waals surface area contributed by atoms with E-state index in [4.69, 9.17) is 5.26 Å². The van der Waals surface area contributed by atoms with Crippen LogP contribution in [0.3, 0.4) is 0 Å². The van der Waals surface area contributed by atoms with Gasteiger partial charge in [0.05, 0.1) is 11.6 Å². The fourth-order valence-electron chi connectivity index (χ4n) is 2.01. The second kappa shape index (κ2) is 5.17. The van der Waals surface area contributed by atoms with Crippen molar-refractivity contribution in [3.8, 4) is 6.07 Å². The van der Waals surface area contributed by atoms with Gasteiger partial charge in [0, 0.05) is 18.5 Å². The Morgan fingerprint density at radius 3 is 2.75 bits per heavy atom. The van der Waals surface area contributed by atoms with E-state index in [1.54, 1.807) is 12.1 Å². The summed E-state index contributed by atoms with van der Waals surface area (Å²) in [6.07, 6.45) is 2.20. The first-order valence-corrected chi connectivity index (χ1v) is 6.59. The summed E-state index contributed by atoms with van der Waals surface area (Å²) >= 11 is 0. The Labute approximate surface area is 116 Å². The van der Waals surface area contributed by atoms with Crippen LogP contribution in [-0.4, -0.2) is 9.97 Å². The molecule has 0 aliphatic heterocycles. The Hall–Kier alpha value is -2.61. The van der Waals surface area contributed by atoms with E-state index in [-0.39, 0.29) is 5.56 Å². The van der Waals surface area contributed by atoms with Crippen LogP contribution < -0.4 is 10.9 Å². The van der Waals surface area contributed by atoms with Crippen LogP contribution in [0.15, 0.2) is 35.1 Å². The Kier molecular flexibility index (Phi) is 3.21. The van der Waals surface area contributed by atoms with Gasteiger partial charge in [-0.15, -0.1) is 0 Å². The van der Waals surface area contributed by atoms with E-state index in [1.807, 2.05) is 12.1 Å². The second-order valence-corrected chi connectivity index (χ2v) is 4.95. The lowest BCUT2D eigenvalue weighted by Crippen LogP contribution is -2.13. The number of H-pyrrole nitrogens is 1. The number of rotatable bonds is 4. The molecule has 0 saturated heterocycles. The highest BCUT2D eigenvalue weighted by Gasteiger charge is 2.26. The van der Waals surface area contributed by atoms with Crippen LogP contribution in [0.4, 0.5) is 5.82 Å². The number of anilines is 1. The zero-order valence-corrected chi connectivity index (χ0v) is 10.9. The van der Waals surface area contributed by atoms with Crippen molar-refractivity contribution in [3.63, 3.8) is 0 Å². The maximum absolute atomic E-state index is 11.6. The Balaban J connectivity index is 1.71. The molecule has 1 aromatic carbocycles. The summed E-state index contributed by atoms with van der Waals surface area (Å²) in [5.74, 6) is 1.79. The summed E-state index contributed by atoms with van der Waals surface area (Å²) < 4.78 is 0. The van der Waals surface area contributed by atoms with Gasteiger partial charge in [0.1, 0.15) is 11.6 Å². The van der Waals surface area contributed by atoms with Crippen LogP contribution in [0.25, 0.3) is 0 Å². The zero-order chi connectivity index (χ0) is 13.9. The summed E-state index contributed by atoms with van der Waals surface area (Å²) in [6.45, 7) is 0.576. The maximum Gasteiger partial charge on any atom is 0.252 e. The molecule has 0 bridgehead atoms. The minimum absolute atomic E-state index is 0.121. The highest BCUT2D eigenvalue weighted by atomic mass is 16.1. The first-order valence-electron chi connectivity index (χ1n) is 6.59. The van der Waals surface area contributed by atoms with Gasteiger partial charge in [-0.2, -0.15) is 5.26 Å². The van der Waals surface area contributed by atoms with E-state index in [0.717, 1.165) is 24.2 Å². The molecule has 20 heavy (non-hydrogen) atoms. The lowest BCUT2D eigenvalue weighted by molar-refractivity contribution is 0.903. The molecule has 1 aliphatic rings. The van der Waals surface area contributed by atoms with Crippen LogP contribution in [-0.2, 0) is 6.54 Å². The Morgan fingerprint density at radius 1 is 1.35 bits per heavy atom. The van der Waals surface area contributed by atoms with Gasteiger partial charge in [0.25, 0.3) is 5.56 Å². The number of aromatic amines is 1. The van der Waals surface area contributed by atoms with Crippen molar-refractivity contribution < 1.29 is 0 Å². The molecule has 1 heterocycles. The number of hydrogen-bond acceptors (Lipinski definition) is 4. The number of nitriles is 1. The first kappa shape index (κ1) is 12.4. The molecule has 5 nitrogen and oxygen atoms in total. The standard InChI is InChI=1S/C15H14N4O/c16-8-10-1-3-11(4-2-10)9-17-13-7-14(20)19-15(18-13)12-5-6-12/h1-4,7,12H,5-6,9H2,(H2,17,18,19,20). The van der Waals surface area contributed by atoms with Crippen LogP contribution >= 0.6 is 0 Å². The quantitative estimate of drug-likeness (QED) is 0.888. The lowest BCUT2D eigenvalue weighted by Gasteiger charge is -2.07. The molecule has 2 aromatic rings. The lowest BCUT2D eigenvalue weighted by atomic mass is 10.1. The van der Waals surface area contributed by atoms with Gasteiger partial charge in [0.2, 0.25) is 0 Å². The van der Waals surface area contributed by atoms with Gasteiger partial charge in [-0.3, -0.25) is 4.79 Å². The van der Waals surface area contributed by atoms with Crippen LogP contribution in [0.1, 0.15) is 35.7 Å². The predicted molar refractivity (Wildman–Crippen MR) is 75.3 cm³/mol. The molecule has 1 saturated carbocycles. The molecule has 100 valence electrons. The van der Waals surface area contributed by atoms with Crippen molar-refractivity contribution >= 4 is 5.82 Å². The van der Waals surface area contributed by atoms with Gasteiger partial charge in [-0.1, -0.05) is 12.1 Å². The summed E-state index contributed by atoms with van der Waals surface area (Å²) in [5, 5.41) is 11.9. The smallest absolute Gasteiger partial charge is 0.252 e. The molecule has 0 amide bonds. The molecule has 1 aliphatic carbocycles. The molecular formula is C15H14N4O. The minimum atomic E-state index is -0.121. The van der Waals surface area contributed by atoms with Gasteiger partial charge in [-0.05, 0) is 30.5 Å². The van der Waals surface area contributed by atoms with Crippen LogP contribution in [0, 0.1) is 11.3 Å². The van der Waals surface area contributed by atoms with Crippen LogP contribution in [0.5, 0.6) is 0 Å². The monoisotopic (exact) mass is 266 g/mol. The molecule has 1 aromatic heterocycles. The Morgan fingerprint density at radius 2 is 2.10 bits per heavy atom. The highest BCUT2D eigenvalue weighted by Crippen LogP contribution is 2.37. The molecule has 3 rings (SSSR count). The first-order chi connectivity index (χ1) is 9.74. The van der Waals surface area contributed by atoms with Crippen molar-refractivity contribution in [3.05, 3.63) is 57.6 Å². The highest BCUT2D eigenvalue weighted by molar-refractivity contribution is 5.37. The molecule has 5 heteroatoms. The van der Waals surface area contributed by atoms with Gasteiger partial charge in [0.15, 0.2) is 0 Å². The number of nitrogens with zero attached hydrogens (tertiary/aromatic N) is 2. The average molecular weight is 266 g/mol. The zero-order valence-electron chi connectivity index (χ0n) is 10.9. The average Bonchev–Trinajstić information content (AvgIpc) is 3.30. The molecule has 2 N–H and O–H groups in total. The second-order valence-electron chi connectivity index (χ2n) is 4.95. The fourth-order valence-corrected chi connectivity index (χ4v) is 2.01. The topological polar surface area (TPSA) is 81.6 Å². The van der Waals surface area contributed by atoms with Gasteiger partial charge < -0.3 is 10.3 Å². The van der Waals surface area contributed by atoms with Crippen molar-refractivity contribution in [2.24, 2.45) is 0 Å². The predicted octanol–water partition coefficient (Wildman–Crippen LogP) is 2.13. The van der Waals surface area contributed by atoms with Crippen molar-refractivity contribution in [1.29, 1.82) is 5.26 Å². The summed E-state index contributed by atoms with van der Waals surface area (Å²) in [7, 11) is 0. The third-order valence-corrected chi connectivity index (χ3v) is 3.28. The third kappa shape index (κ3) is 2.86. The van der Waals surface area contributed by atoms with Crippen molar-refractivity contribution in [1.82, 2.24) is 9.97 Å². The van der Waals surface area contributed by atoms with E-state index in [9.17, 15) is 4.79 Å². The van der Waals surface area contributed by atoms with E-state index in [1.165, 1.54) is 6.07 Å². The van der Waals surface area contributed by atoms with E-state index in [2.05, 4.69) is 21.4 Å². The van der Waals surface area contributed by atoms with E-state index >= 15 is 0 Å². The number of nitrogens with one attached hydrogen (secondary N) is 2. The molecule has 0 radical (unpaired) electrons. The number of aromatic nitrogens is 2. The summed E-state index contributed by atoms with van der Waals surface area (Å²) in [5.41, 5.74) is 1.56. The largest absolute Gasteiger partial charge is 0.366 e. The van der Waals surface area contributed by atoms with E-state index in [0.29, 0.717) is 23.8 Å². The Bertz CT molecular complexity index is 708. The van der Waals surface area contributed by atoms with Crippen molar-refractivity contribution in [2.45, 2.75) is 25.3 Å². The normalized spacial score (nSPS) is 13.8. The molecular weight excluding hydrogens is 252 g/mol.